The van der Waals surface area contributed by atoms with Crippen molar-refractivity contribution in [3.63, 3.8) is 0 Å². The number of sulfone groups is 1. The molecule has 1 heterocycles. The van der Waals surface area contributed by atoms with E-state index in [1.165, 1.54) is 0 Å². The molecule has 0 unspecified atom stereocenters. The van der Waals surface area contributed by atoms with Crippen LogP contribution in [0.5, 0.6) is 5.75 Å². The van der Waals surface area contributed by atoms with E-state index in [-0.39, 0.29) is 17.3 Å². The first kappa shape index (κ1) is 12.9. The maximum Gasteiger partial charge on any atom is 0.152 e. The lowest BCUT2D eigenvalue weighted by molar-refractivity contribution is 0.287. The van der Waals surface area contributed by atoms with Crippen molar-refractivity contribution in [2.45, 2.75) is 6.54 Å². The van der Waals surface area contributed by atoms with Gasteiger partial charge in [-0.3, -0.25) is 4.90 Å². The van der Waals surface area contributed by atoms with Gasteiger partial charge >= 0.3 is 0 Å². The molecule has 1 saturated heterocycles. The van der Waals surface area contributed by atoms with E-state index in [2.05, 4.69) is 20.8 Å². The van der Waals surface area contributed by atoms with E-state index in [1.807, 2.05) is 12.1 Å². The minimum Gasteiger partial charge on any atom is -0.507 e. The Bertz CT molecular complexity index is 501. The molecule has 0 radical (unpaired) electrons. The summed E-state index contributed by atoms with van der Waals surface area (Å²) >= 11 is 3.26. The lowest BCUT2D eigenvalue weighted by atomic mass is 10.2. The van der Waals surface area contributed by atoms with Gasteiger partial charge in [-0.15, -0.1) is 0 Å². The summed E-state index contributed by atoms with van der Waals surface area (Å²) in [6.45, 7) is 1.88. The molecule has 94 valence electrons. The van der Waals surface area contributed by atoms with E-state index in [0.29, 0.717) is 24.1 Å². The van der Waals surface area contributed by atoms with Gasteiger partial charge in [0.25, 0.3) is 0 Å². The van der Waals surface area contributed by atoms with E-state index < -0.39 is 9.84 Å². The monoisotopic (exact) mass is 319 g/mol. The first-order valence-corrected chi connectivity index (χ1v) is 7.98. The number of phenols is 1. The first-order chi connectivity index (χ1) is 7.96. The maximum absolute atomic E-state index is 11.3. The Kier molecular flexibility index (Phi) is 3.75. The van der Waals surface area contributed by atoms with Crippen LogP contribution in [0.25, 0.3) is 0 Å². The van der Waals surface area contributed by atoms with Crippen LogP contribution in [0.2, 0.25) is 0 Å². The second-order valence-electron chi connectivity index (χ2n) is 4.21. The van der Waals surface area contributed by atoms with Crippen molar-refractivity contribution in [3.8, 4) is 5.75 Å². The summed E-state index contributed by atoms with van der Waals surface area (Å²) in [5.74, 6) is 0.702. The summed E-state index contributed by atoms with van der Waals surface area (Å²) in [6, 6.07) is 5.35. The Morgan fingerprint density at radius 2 is 1.94 bits per heavy atom. The third-order valence-electron chi connectivity index (χ3n) is 2.86. The van der Waals surface area contributed by atoms with E-state index in [0.717, 1.165) is 5.56 Å². The molecular formula is C11H14BrNO3S. The molecule has 0 spiro atoms. The highest BCUT2D eigenvalue weighted by molar-refractivity contribution is 9.10. The predicted molar refractivity (Wildman–Crippen MR) is 69.7 cm³/mol. The van der Waals surface area contributed by atoms with Crippen LogP contribution in [-0.4, -0.2) is 43.0 Å². The van der Waals surface area contributed by atoms with E-state index in [1.54, 1.807) is 6.07 Å². The van der Waals surface area contributed by atoms with Crippen LogP contribution < -0.4 is 0 Å². The average molecular weight is 320 g/mol. The van der Waals surface area contributed by atoms with Gasteiger partial charge < -0.3 is 5.11 Å². The SMILES string of the molecule is O=S1(=O)CCN(Cc2ccc(O)c(Br)c2)CC1. The van der Waals surface area contributed by atoms with Crippen molar-refractivity contribution in [1.29, 1.82) is 0 Å². The molecule has 0 bridgehead atoms. The van der Waals surface area contributed by atoms with Crippen LogP contribution in [-0.2, 0) is 16.4 Å². The fourth-order valence-electron chi connectivity index (χ4n) is 1.82. The highest BCUT2D eigenvalue weighted by atomic mass is 79.9. The number of halogens is 1. The zero-order valence-corrected chi connectivity index (χ0v) is 11.7. The molecule has 1 aromatic carbocycles. The number of aromatic hydroxyl groups is 1. The standard InChI is InChI=1S/C11H14BrNO3S/c12-10-7-9(1-2-11(10)14)8-13-3-5-17(15,16)6-4-13/h1-2,7,14H,3-6,8H2. The molecule has 1 fully saturated rings. The van der Waals surface area contributed by atoms with Crippen molar-refractivity contribution in [3.05, 3.63) is 28.2 Å². The zero-order valence-electron chi connectivity index (χ0n) is 9.26. The van der Waals surface area contributed by atoms with Gasteiger partial charge in [0.2, 0.25) is 0 Å². The third-order valence-corrected chi connectivity index (χ3v) is 5.10. The first-order valence-electron chi connectivity index (χ1n) is 5.36. The van der Waals surface area contributed by atoms with Gasteiger partial charge in [0, 0.05) is 19.6 Å². The van der Waals surface area contributed by atoms with Crippen molar-refractivity contribution in [1.82, 2.24) is 4.90 Å². The smallest absolute Gasteiger partial charge is 0.152 e. The van der Waals surface area contributed by atoms with Crippen molar-refractivity contribution in [2.24, 2.45) is 0 Å². The van der Waals surface area contributed by atoms with Crippen LogP contribution in [0, 0.1) is 0 Å². The van der Waals surface area contributed by atoms with Gasteiger partial charge in [-0.05, 0) is 33.6 Å². The maximum atomic E-state index is 11.3. The Balaban J connectivity index is 2.00. The van der Waals surface area contributed by atoms with E-state index >= 15 is 0 Å². The summed E-state index contributed by atoms with van der Waals surface area (Å²) in [4.78, 5) is 2.11. The molecule has 6 heteroatoms. The van der Waals surface area contributed by atoms with Gasteiger partial charge in [0.05, 0.1) is 16.0 Å². The molecule has 0 atom stereocenters. The number of hydrogen-bond acceptors (Lipinski definition) is 4. The highest BCUT2D eigenvalue weighted by Gasteiger charge is 2.21. The molecule has 0 saturated carbocycles. The molecule has 1 N–H and O–H groups in total. The highest BCUT2D eigenvalue weighted by Crippen LogP contribution is 2.25. The molecule has 2 rings (SSSR count). The van der Waals surface area contributed by atoms with Gasteiger partial charge in [0.15, 0.2) is 9.84 Å². The van der Waals surface area contributed by atoms with Crippen LogP contribution in [0.3, 0.4) is 0 Å². The van der Waals surface area contributed by atoms with Gasteiger partial charge in [-0.25, -0.2) is 8.42 Å². The molecule has 1 aromatic rings. The van der Waals surface area contributed by atoms with Gasteiger partial charge in [-0.1, -0.05) is 6.07 Å². The number of nitrogens with zero attached hydrogens (tertiary/aromatic N) is 1. The van der Waals surface area contributed by atoms with Gasteiger partial charge in [0.1, 0.15) is 5.75 Å². The fourth-order valence-corrected chi connectivity index (χ4v) is 3.52. The Labute approximate surface area is 109 Å². The predicted octanol–water partition coefficient (Wildman–Crippen LogP) is 1.39. The molecule has 17 heavy (non-hydrogen) atoms. The molecule has 0 aromatic heterocycles. The second kappa shape index (κ2) is 4.96. The molecule has 0 amide bonds. The molecule has 1 aliphatic heterocycles. The molecular weight excluding hydrogens is 306 g/mol. The second-order valence-corrected chi connectivity index (χ2v) is 7.37. The summed E-state index contributed by atoms with van der Waals surface area (Å²) < 4.78 is 23.2. The van der Waals surface area contributed by atoms with Crippen molar-refractivity contribution in [2.75, 3.05) is 24.6 Å². The molecule has 1 aliphatic rings. The van der Waals surface area contributed by atoms with Crippen LogP contribution in [0.4, 0.5) is 0 Å². The Morgan fingerprint density at radius 3 is 2.53 bits per heavy atom. The number of benzene rings is 1. The summed E-state index contributed by atoms with van der Waals surface area (Å²) in [5, 5.41) is 9.38. The minimum atomic E-state index is -2.81. The zero-order chi connectivity index (χ0) is 12.5. The Hall–Kier alpha value is -0.590. The molecule has 4 nitrogen and oxygen atoms in total. The number of rotatable bonds is 2. The molecule has 0 aliphatic carbocycles. The normalized spacial score (nSPS) is 20.3. The fraction of sp³-hybridized carbons (Fsp3) is 0.455. The summed E-state index contributed by atoms with van der Waals surface area (Å²) in [6.07, 6.45) is 0. The average Bonchev–Trinajstić information content (AvgIpc) is 2.27. The Morgan fingerprint density at radius 1 is 1.29 bits per heavy atom. The lowest BCUT2D eigenvalue weighted by Gasteiger charge is -2.26. The topological polar surface area (TPSA) is 57.6 Å². The van der Waals surface area contributed by atoms with E-state index in [4.69, 9.17) is 0 Å². The number of hydrogen-bond donors (Lipinski definition) is 1. The summed E-state index contributed by atoms with van der Waals surface area (Å²) in [5.41, 5.74) is 1.06. The largest absolute Gasteiger partial charge is 0.507 e. The lowest BCUT2D eigenvalue weighted by Crippen LogP contribution is -2.39. The summed E-state index contributed by atoms with van der Waals surface area (Å²) in [7, 11) is -2.81. The van der Waals surface area contributed by atoms with Crippen molar-refractivity contribution < 1.29 is 13.5 Å². The third kappa shape index (κ3) is 3.43. The quantitative estimate of drug-likeness (QED) is 0.895. The van der Waals surface area contributed by atoms with Crippen LogP contribution >= 0.6 is 15.9 Å². The minimum absolute atomic E-state index is 0.218. The van der Waals surface area contributed by atoms with Crippen LogP contribution in [0.15, 0.2) is 22.7 Å². The van der Waals surface area contributed by atoms with E-state index in [9.17, 15) is 13.5 Å². The van der Waals surface area contributed by atoms with Crippen LogP contribution in [0.1, 0.15) is 5.56 Å². The van der Waals surface area contributed by atoms with Crippen molar-refractivity contribution >= 4 is 25.8 Å². The van der Waals surface area contributed by atoms with Gasteiger partial charge in [-0.2, -0.15) is 0 Å². The number of phenolic OH excluding ortho intramolecular Hbond substituents is 1.